The molecule has 0 spiro atoms. The van der Waals surface area contributed by atoms with Crippen molar-refractivity contribution in [2.75, 3.05) is 11.4 Å². The van der Waals surface area contributed by atoms with Gasteiger partial charge in [-0.05, 0) is 12.1 Å². The van der Waals surface area contributed by atoms with Crippen molar-refractivity contribution in [2.24, 2.45) is 5.14 Å². The summed E-state index contributed by atoms with van der Waals surface area (Å²) in [5, 5.41) is 13.0. The smallest absolute Gasteiger partial charge is 0.229 e. The summed E-state index contributed by atoms with van der Waals surface area (Å²) in [6, 6.07) is 4.99. The van der Waals surface area contributed by atoms with E-state index in [4.69, 9.17) is 10.4 Å². The molecule has 1 unspecified atom stereocenters. The number of sulfonamides is 1. The van der Waals surface area contributed by atoms with Gasteiger partial charge in [0.1, 0.15) is 11.3 Å². The van der Waals surface area contributed by atoms with Gasteiger partial charge in [0, 0.05) is 19.2 Å². The van der Waals surface area contributed by atoms with Gasteiger partial charge in [0.05, 0.1) is 5.56 Å². The Bertz CT molecular complexity index is 635. The highest BCUT2D eigenvalue weighted by Crippen LogP contribution is 2.24. The summed E-state index contributed by atoms with van der Waals surface area (Å²) in [5.41, 5.74) is 0.223. The van der Waals surface area contributed by atoms with Crippen LogP contribution in [0.2, 0.25) is 0 Å². The predicted octanol–water partition coefficient (Wildman–Crippen LogP) is -0.653. The first-order chi connectivity index (χ1) is 8.43. The van der Waals surface area contributed by atoms with E-state index >= 15 is 0 Å². The molecule has 1 saturated heterocycles. The Morgan fingerprint density at radius 2 is 2.28 bits per heavy atom. The summed E-state index contributed by atoms with van der Waals surface area (Å²) in [5.74, 6) is -0.222. The number of rotatable bonds is 2. The monoisotopic (exact) mass is 266 g/mol. The lowest BCUT2D eigenvalue weighted by atomic mass is 10.2. The molecule has 1 fully saturated rings. The van der Waals surface area contributed by atoms with E-state index in [-0.39, 0.29) is 24.3 Å². The van der Waals surface area contributed by atoms with E-state index in [2.05, 4.69) is 4.98 Å². The molecule has 1 aliphatic heterocycles. The summed E-state index contributed by atoms with van der Waals surface area (Å²) in [6.07, 6.45) is 1.26. The van der Waals surface area contributed by atoms with E-state index in [1.165, 1.54) is 17.2 Å². The minimum atomic E-state index is -3.77. The van der Waals surface area contributed by atoms with Crippen molar-refractivity contribution < 1.29 is 13.2 Å². The van der Waals surface area contributed by atoms with E-state index in [0.717, 1.165) is 0 Å². The van der Waals surface area contributed by atoms with Crippen molar-refractivity contribution >= 4 is 21.7 Å². The van der Waals surface area contributed by atoms with E-state index in [9.17, 15) is 13.2 Å². The van der Waals surface area contributed by atoms with Gasteiger partial charge in [-0.2, -0.15) is 5.26 Å². The molecule has 94 valence electrons. The summed E-state index contributed by atoms with van der Waals surface area (Å²) < 4.78 is 22.4. The lowest BCUT2D eigenvalue weighted by Crippen LogP contribution is -2.32. The molecule has 2 rings (SSSR count). The number of nitrogens with two attached hydrogens (primary N) is 1. The quantitative estimate of drug-likeness (QED) is 0.763. The summed E-state index contributed by atoms with van der Waals surface area (Å²) >= 11 is 0. The molecular formula is C10H10N4O3S. The Morgan fingerprint density at radius 3 is 2.83 bits per heavy atom. The largest absolute Gasteiger partial charge is 0.294 e. The Morgan fingerprint density at radius 1 is 1.56 bits per heavy atom. The van der Waals surface area contributed by atoms with Gasteiger partial charge in [0.25, 0.3) is 0 Å². The lowest BCUT2D eigenvalue weighted by molar-refractivity contribution is -0.117. The van der Waals surface area contributed by atoms with Crippen molar-refractivity contribution in [2.45, 2.75) is 11.7 Å². The maximum absolute atomic E-state index is 11.8. The molecule has 1 atom stereocenters. The first-order valence-corrected chi connectivity index (χ1v) is 6.71. The number of anilines is 1. The van der Waals surface area contributed by atoms with Gasteiger partial charge in [0.15, 0.2) is 5.82 Å². The van der Waals surface area contributed by atoms with Crippen LogP contribution in [0.3, 0.4) is 0 Å². The number of hydrogen-bond donors (Lipinski definition) is 1. The second-order valence-corrected chi connectivity index (χ2v) is 5.75. The molecule has 8 heteroatoms. The number of aromatic nitrogens is 1. The van der Waals surface area contributed by atoms with Gasteiger partial charge in [0.2, 0.25) is 15.9 Å². The minimum Gasteiger partial charge on any atom is -0.294 e. The van der Waals surface area contributed by atoms with Crippen LogP contribution in [0, 0.1) is 11.3 Å². The maximum atomic E-state index is 11.8. The Labute approximate surface area is 104 Å². The zero-order valence-electron chi connectivity index (χ0n) is 9.28. The molecule has 0 aliphatic carbocycles. The number of nitrogens with zero attached hydrogens (tertiary/aromatic N) is 3. The Kier molecular flexibility index (Phi) is 3.02. The van der Waals surface area contributed by atoms with Crippen LogP contribution in [0.25, 0.3) is 0 Å². The molecule has 0 radical (unpaired) electrons. The Hall–Kier alpha value is -1.98. The van der Waals surface area contributed by atoms with Crippen LogP contribution in [0.5, 0.6) is 0 Å². The van der Waals surface area contributed by atoms with Gasteiger partial charge in [-0.3, -0.25) is 9.69 Å². The molecule has 18 heavy (non-hydrogen) atoms. The number of carbonyl (C=O) groups excluding carboxylic acids is 1. The molecule has 2 N–H and O–H groups in total. The number of pyridine rings is 1. The first-order valence-electron chi connectivity index (χ1n) is 5.10. The van der Waals surface area contributed by atoms with Gasteiger partial charge in [-0.1, -0.05) is 0 Å². The molecule has 1 aliphatic rings. The summed E-state index contributed by atoms with van der Waals surface area (Å²) in [7, 11) is -3.77. The van der Waals surface area contributed by atoms with Crippen LogP contribution in [-0.2, 0) is 14.8 Å². The van der Waals surface area contributed by atoms with Crippen LogP contribution in [0.15, 0.2) is 18.3 Å². The molecule has 0 saturated carbocycles. The highest BCUT2D eigenvalue weighted by atomic mass is 32.2. The summed E-state index contributed by atoms with van der Waals surface area (Å²) in [6.45, 7) is -0.0661. The number of primary sulfonamides is 1. The topological polar surface area (TPSA) is 117 Å². The third-order valence-corrected chi connectivity index (χ3v) is 3.96. The molecule has 2 heterocycles. The van der Waals surface area contributed by atoms with Crippen molar-refractivity contribution in [3.8, 4) is 6.07 Å². The van der Waals surface area contributed by atoms with Crippen LogP contribution in [0.1, 0.15) is 12.0 Å². The van der Waals surface area contributed by atoms with Crippen molar-refractivity contribution in [1.82, 2.24) is 4.98 Å². The molecule has 7 nitrogen and oxygen atoms in total. The van der Waals surface area contributed by atoms with Crippen LogP contribution >= 0.6 is 0 Å². The third kappa shape index (κ3) is 2.18. The second kappa shape index (κ2) is 4.36. The van der Waals surface area contributed by atoms with Crippen LogP contribution < -0.4 is 10.0 Å². The summed E-state index contributed by atoms with van der Waals surface area (Å²) in [4.78, 5) is 16.9. The first kappa shape index (κ1) is 12.5. The third-order valence-electron chi connectivity index (χ3n) is 2.72. The molecular weight excluding hydrogens is 256 g/mol. The average molecular weight is 266 g/mol. The van der Waals surface area contributed by atoms with Crippen molar-refractivity contribution in [3.63, 3.8) is 0 Å². The molecule has 0 aromatic carbocycles. The molecule has 1 aromatic heterocycles. The van der Waals surface area contributed by atoms with Gasteiger partial charge in [-0.25, -0.2) is 18.5 Å². The van der Waals surface area contributed by atoms with Crippen LogP contribution in [0.4, 0.5) is 5.82 Å². The normalized spacial score (nSPS) is 19.9. The van der Waals surface area contributed by atoms with E-state index in [0.29, 0.717) is 0 Å². The molecule has 0 bridgehead atoms. The fourth-order valence-corrected chi connectivity index (χ4v) is 2.53. The maximum Gasteiger partial charge on any atom is 0.229 e. The van der Waals surface area contributed by atoms with Crippen molar-refractivity contribution in [1.29, 1.82) is 5.26 Å². The average Bonchev–Trinajstić information content (AvgIpc) is 2.71. The second-order valence-electron chi connectivity index (χ2n) is 3.91. The van der Waals surface area contributed by atoms with E-state index in [1.54, 1.807) is 6.07 Å². The van der Waals surface area contributed by atoms with Crippen LogP contribution in [-0.4, -0.2) is 31.1 Å². The number of carbonyl (C=O) groups is 1. The fraction of sp³-hybridized carbons (Fsp3) is 0.300. The molecule has 1 aromatic rings. The van der Waals surface area contributed by atoms with Crippen molar-refractivity contribution in [3.05, 3.63) is 23.9 Å². The number of nitriles is 1. The standard InChI is InChI=1S/C10H10N4O3S/c11-5-7-2-1-3-13-10(7)14-6-8(4-9(14)15)18(12,16)17/h1-3,8H,4,6H2,(H2,12,16,17). The van der Waals surface area contributed by atoms with Gasteiger partial charge >= 0.3 is 0 Å². The van der Waals surface area contributed by atoms with Gasteiger partial charge < -0.3 is 0 Å². The number of hydrogen-bond acceptors (Lipinski definition) is 5. The molecule has 1 amide bonds. The van der Waals surface area contributed by atoms with E-state index < -0.39 is 21.2 Å². The zero-order valence-corrected chi connectivity index (χ0v) is 10.1. The number of amides is 1. The Balaban J connectivity index is 2.37. The highest BCUT2D eigenvalue weighted by molar-refractivity contribution is 7.89. The van der Waals surface area contributed by atoms with E-state index in [1.807, 2.05) is 6.07 Å². The highest BCUT2D eigenvalue weighted by Gasteiger charge is 2.38. The SMILES string of the molecule is N#Cc1cccnc1N1CC(S(N)(=O)=O)CC1=O. The lowest BCUT2D eigenvalue weighted by Gasteiger charge is -2.15. The van der Waals surface area contributed by atoms with Gasteiger partial charge in [-0.15, -0.1) is 0 Å². The predicted molar refractivity (Wildman–Crippen MR) is 62.8 cm³/mol. The zero-order chi connectivity index (χ0) is 13.3. The minimum absolute atomic E-state index is 0.0661. The fourth-order valence-electron chi connectivity index (χ4n) is 1.80.